The van der Waals surface area contributed by atoms with Gasteiger partial charge in [0, 0.05) is 24.5 Å². The maximum Gasteiger partial charge on any atom is 0.422 e. The van der Waals surface area contributed by atoms with Gasteiger partial charge in [-0.3, -0.25) is 0 Å². The minimum absolute atomic E-state index is 0.0473. The lowest BCUT2D eigenvalue weighted by Gasteiger charge is -2.09. The maximum atomic E-state index is 12.0. The Bertz CT molecular complexity index is 506. The third-order valence-corrected chi connectivity index (χ3v) is 2.40. The molecule has 1 rings (SSSR count). The number of nitrogens with zero attached hydrogens (tertiary/aromatic N) is 1. The fourth-order valence-corrected chi connectivity index (χ4v) is 1.39. The van der Waals surface area contributed by atoms with Gasteiger partial charge in [0.05, 0.1) is 0 Å². The first-order valence-electron chi connectivity index (χ1n) is 8.28. The van der Waals surface area contributed by atoms with E-state index in [4.69, 9.17) is 0 Å². The SMILES string of the molecule is C=C/C=C\C(=C/C)NCc1ccc(OCC(F)(F)F)nc1.CC.CC. The molecule has 1 heterocycles. The van der Waals surface area contributed by atoms with Crippen molar-refractivity contribution in [1.29, 1.82) is 0 Å². The van der Waals surface area contributed by atoms with Gasteiger partial charge in [-0.25, -0.2) is 4.98 Å². The zero-order chi connectivity index (χ0) is 19.7. The molecule has 1 N–H and O–H groups in total. The van der Waals surface area contributed by atoms with E-state index in [0.29, 0.717) is 6.54 Å². The van der Waals surface area contributed by atoms with E-state index in [1.807, 2.05) is 46.8 Å². The van der Waals surface area contributed by atoms with Crippen molar-refractivity contribution in [2.45, 2.75) is 47.3 Å². The first-order valence-corrected chi connectivity index (χ1v) is 8.28. The van der Waals surface area contributed by atoms with E-state index in [0.717, 1.165) is 11.3 Å². The highest BCUT2D eigenvalue weighted by molar-refractivity contribution is 5.22. The molecule has 0 radical (unpaired) electrons. The summed E-state index contributed by atoms with van der Waals surface area (Å²) in [6.07, 6.45) is 4.34. The Kier molecular flexibility index (Phi) is 15.3. The molecule has 25 heavy (non-hydrogen) atoms. The van der Waals surface area contributed by atoms with Crippen LogP contribution in [-0.2, 0) is 6.54 Å². The number of aromatic nitrogens is 1. The van der Waals surface area contributed by atoms with Crippen LogP contribution in [0.25, 0.3) is 0 Å². The fraction of sp³-hybridized carbons (Fsp3) is 0.421. The molecule has 0 aliphatic carbocycles. The smallest absolute Gasteiger partial charge is 0.422 e. The Hall–Kier alpha value is -2.24. The Morgan fingerprint density at radius 3 is 2.32 bits per heavy atom. The van der Waals surface area contributed by atoms with Crippen molar-refractivity contribution in [2.24, 2.45) is 0 Å². The molecule has 0 amide bonds. The van der Waals surface area contributed by atoms with Crippen molar-refractivity contribution in [3.63, 3.8) is 0 Å². The molecule has 1 aromatic rings. The molecule has 0 unspecified atom stereocenters. The monoisotopic (exact) mass is 358 g/mol. The van der Waals surface area contributed by atoms with Crippen molar-refractivity contribution >= 4 is 0 Å². The molecule has 0 aliphatic heterocycles. The molecule has 0 spiro atoms. The summed E-state index contributed by atoms with van der Waals surface area (Å²) < 4.78 is 40.5. The Morgan fingerprint density at radius 1 is 1.24 bits per heavy atom. The van der Waals surface area contributed by atoms with Gasteiger partial charge >= 0.3 is 6.18 Å². The zero-order valence-corrected chi connectivity index (χ0v) is 15.7. The Labute approximate surface area is 149 Å². The van der Waals surface area contributed by atoms with Gasteiger partial charge in [-0.1, -0.05) is 58.6 Å². The quantitative estimate of drug-likeness (QED) is 0.625. The molecule has 0 aromatic carbocycles. The summed E-state index contributed by atoms with van der Waals surface area (Å²) in [6.45, 7) is 12.6. The predicted octanol–water partition coefficient (Wildman–Crippen LogP) is 5.81. The molecular formula is C19H29F3N2O. The van der Waals surface area contributed by atoms with Gasteiger partial charge in [-0.05, 0) is 18.6 Å². The van der Waals surface area contributed by atoms with Crippen LogP contribution in [-0.4, -0.2) is 17.8 Å². The lowest BCUT2D eigenvalue weighted by atomic mass is 10.2. The van der Waals surface area contributed by atoms with Gasteiger partial charge < -0.3 is 10.1 Å². The van der Waals surface area contributed by atoms with Crippen LogP contribution in [0.4, 0.5) is 13.2 Å². The lowest BCUT2D eigenvalue weighted by Crippen LogP contribution is -2.19. The number of hydrogen-bond acceptors (Lipinski definition) is 3. The van der Waals surface area contributed by atoms with Crippen LogP contribution in [0.3, 0.4) is 0 Å². The molecule has 0 aliphatic rings. The highest BCUT2D eigenvalue weighted by Gasteiger charge is 2.28. The van der Waals surface area contributed by atoms with Crippen LogP contribution in [0, 0.1) is 0 Å². The largest absolute Gasteiger partial charge is 0.468 e. The average Bonchev–Trinajstić information content (AvgIpc) is 2.64. The van der Waals surface area contributed by atoms with Crippen LogP contribution in [0.2, 0.25) is 0 Å². The third-order valence-electron chi connectivity index (χ3n) is 2.40. The summed E-state index contributed by atoms with van der Waals surface area (Å²) >= 11 is 0. The third kappa shape index (κ3) is 13.9. The minimum Gasteiger partial charge on any atom is -0.468 e. The molecule has 6 heteroatoms. The van der Waals surface area contributed by atoms with Gasteiger partial charge in [-0.2, -0.15) is 13.2 Å². The lowest BCUT2D eigenvalue weighted by molar-refractivity contribution is -0.154. The van der Waals surface area contributed by atoms with Gasteiger partial charge in [0.15, 0.2) is 6.61 Å². The Balaban J connectivity index is 0. The summed E-state index contributed by atoms with van der Waals surface area (Å²) in [6, 6.07) is 3.08. The standard InChI is InChI=1S/C15H17F3N2O.2C2H6/c1-3-5-6-13(4-2)19-9-12-7-8-14(20-10-12)21-11-15(16,17)18;2*1-2/h3-8,10,19H,1,9,11H2,2H3;2*1-2H3/b6-5-,13-4+;;. The van der Waals surface area contributed by atoms with Gasteiger partial charge in [-0.15, -0.1) is 0 Å². The molecule has 1 aromatic heterocycles. The summed E-state index contributed by atoms with van der Waals surface area (Å²) in [5.41, 5.74) is 1.74. The van der Waals surface area contributed by atoms with E-state index in [9.17, 15) is 13.2 Å². The van der Waals surface area contributed by atoms with Crippen molar-refractivity contribution in [3.8, 4) is 5.88 Å². The molecule has 0 fully saturated rings. The Morgan fingerprint density at radius 2 is 1.88 bits per heavy atom. The summed E-state index contributed by atoms with van der Waals surface area (Å²) in [5.74, 6) is -0.0473. The summed E-state index contributed by atoms with van der Waals surface area (Å²) in [7, 11) is 0. The minimum atomic E-state index is -4.36. The molecule has 0 saturated carbocycles. The van der Waals surface area contributed by atoms with Crippen LogP contribution in [0.5, 0.6) is 5.88 Å². The van der Waals surface area contributed by atoms with E-state index < -0.39 is 12.8 Å². The number of alkyl halides is 3. The van der Waals surface area contributed by atoms with Gasteiger partial charge in [0.1, 0.15) is 0 Å². The van der Waals surface area contributed by atoms with E-state index in [-0.39, 0.29) is 5.88 Å². The van der Waals surface area contributed by atoms with E-state index in [2.05, 4.69) is 21.6 Å². The highest BCUT2D eigenvalue weighted by Crippen LogP contribution is 2.17. The molecule has 0 bridgehead atoms. The van der Waals surface area contributed by atoms with E-state index in [1.54, 1.807) is 18.2 Å². The first-order chi connectivity index (χ1) is 11.9. The number of rotatable bonds is 7. The molecular weight excluding hydrogens is 329 g/mol. The van der Waals surface area contributed by atoms with E-state index >= 15 is 0 Å². The van der Waals surface area contributed by atoms with E-state index in [1.165, 1.54) is 12.3 Å². The van der Waals surface area contributed by atoms with Crippen molar-refractivity contribution < 1.29 is 17.9 Å². The maximum absolute atomic E-state index is 12.0. The molecule has 142 valence electrons. The number of nitrogens with one attached hydrogen (secondary N) is 1. The van der Waals surface area contributed by atoms with Gasteiger partial charge in [0.25, 0.3) is 0 Å². The molecule has 3 nitrogen and oxygen atoms in total. The number of pyridine rings is 1. The summed E-state index contributed by atoms with van der Waals surface area (Å²) in [4.78, 5) is 3.83. The van der Waals surface area contributed by atoms with Crippen molar-refractivity contribution in [1.82, 2.24) is 10.3 Å². The van der Waals surface area contributed by atoms with Crippen LogP contribution in [0.15, 0.2) is 54.9 Å². The van der Waals surface area contributed by atoms with Crippen LogP contribution >= 0.6 is 0 Å². The molecule has 0 saturated heterocycles. The second kappa shape index (κ2) is 15.3. The topological polar surface area (TPSA) is 34.1 Å². The predicted molar refractivity (Wildman–Crippen MR) is 98.4 cm³/mol. The first kappa shape index (κ1) is 25.0. The molecule has 0 atom stereocenters. The van der Waals surface area contributed by atoms with Crippen molar-refractivity contribution in [2.75, 3.05) is 6.61 Å². The number of hydrogen-bond donors (Lipinski definition) is 1. The normalized spacial score (nSPS) is 11.0. The second-order valence-corrected chi connectivity index (χ2v) is 4.10. The van der Waals surface area contributed by atoms with Gasteiger partial charge in [0.2, 0.25) is 5.88 Å². The highest BCUT2D eigenvalue weighted by atomic mass is 19.4. The number of halogens is 3. The second-order valence-electron chi connectivity index (χ2n) is 4.10. The number of ether oxygens (including phenoxy) is 1. The number of allylic oxidation sites excluding steroid dienone is 4. The zero-order valence-electron chi connectivity index (χ0n) is 15.7. The average molecular weight is 358 g/mol. The van der Waals surface area contributed by atoms with Crippen molar-refractivity contribution in [3.05, 3.63) is 60.5 Å². The van der Waals surface area contributed by atoms with Crippen LogP contribution < -0.4 is 10.1 Å². The summed E-state index contributed by atoms with van der Waals surface area (Å²) in [5, 5.41) is 3.16. The van der Waals surface area contributed by atoms with Crippen LogP contribution in [0.1, 0.15) is 40.2 Å². The fourth-order valence-electron chi connectivity index (χ4n) is 1.39.